The lowest BCUT2D eigenvalue weighted by Crippen LogP contribution is -2.32. The first-order chi connectivity index (χ1) is 13.1. The number of halogens is 1. The van der Waals surface area contributed by atoms with Crippen molar-refractivity contribution < 1.29 is 14.3 Å². The molecule has 1 saturated heterocycles. The molecule has 142 valence electrons. The first-order valence-corrected chi connectivity index (χ1v) is 9.78. The topological polar surface area (TPSA) is 38.8 Å². The highest BCUT2D eigenvalue weighted by Crippen LogP contribution is 2.52. The van der Waals surface area contributed by atoms with Crippen molar-refractivity contribution in [3.05, 3.63) is 58.6 Å². The van der Waals surface area contributed by atoms with Gasteiger partial charge in [-0.25, -0.2) is 0 Å². The smallest absolute Gasteiger partial charge is 0.226 e. The largest absolute Gasteiger partial charge is 0.497 e. The van der Waals surface area contributed by atoms with E-state index in [2.05, 4.69) is 0 Å². The molecule has 1 amide bonds. The first kappa shape index (κ1) is 18.2. The van der Waals surface area contributed by atoms with Crippen molar-refractivity contribution in [1.29, 1.82) is 0 Å². The Morgan fingerprint density at radius 1 is 1.11 bits per heavy atom. The van der Waals surface area contributed by atoms with E-state index in [-0.39, 0.29) is 23.8 Å². The van der Waals surface area contributed by atoms with Crippen molar-refractivity contribution >= 4 is 17.5 Å². The fourth-order valence-electron chi connectivity index (χ4n) is 4.25. The minimum atomic E-state index is 0.0368. The molecule has 1 aliphatic heterocycles. The molecular formula is C22H24ClNO3. The van der Waals surface area contributed by atoms with E-state index < -0.39 is 0 Å². The molecule has 0 N–H and O–H groups in total. The van der Waals surface area contributed by atoms with Crippen LogP contribution in [0.3, 0.4) is 0 Å². The molecule has 2 aliphatic rings. The Bertz CT molecular complexity index is 853. The Hall–Kier alpha value is -2.20. The van der Waals surface area contributed by atoms with Gasteiger partial charge in [0.15, 0.2) is 0 Å². The maximum absolute atomic E-state index is 13.2. The van der Waals surface area contributed by atoms with Crippen molar-refractivity contribution in [3.63, 3.8) is 0 Å². The normalized spacial score (nSPS) is 24.0. The minimum Gasteiger partial charge on any atom is -0.497 e. The van der Waals surface area contributed by atoms with E-state index in [1.165, 1.54) is 0 Å². The van der Waals surface area contributed by atoms with Crippen LogP contribution in [0.15, 0.2) is 42.5 Å². The number of carbonyl (C=O) groups is 1. The zero-order chi connectivity index (χ0) is 19.0. The molecule has 5 heteroatoms. The first-order valence-electron chi connectivity index (χ1n) is 9.41. The van der Waals surface area contributed by atoms with E-state index in [9.17, 15) is 4.79 Å². The molecule has 3 unspecified atom stereocenters. The molecule has 3 atom stereocenters. The van der Waals surface area contributed by atoms with Gasteiger partial charge in [0.1, 0.15) is 11.5 Å². The standard InChI is InChI=1S/C22H24ClNO3/c1-26-14-9-10-16(21(12-14)27-2)20-8-5-11-24(20)22(25)18-13-17(18)15-6-3-4-7-19(15)23/h3-4,6-7,9-10,12,17-18,20H,5,8,11,13H2,1-2H3. The third kappa shape index (κ3) is 3.39. The Morgan fingerprint density at radius 3 is 2.67 bits per heavy atom. The van der Waals surface area contributed by atoms with Crippen molar-refractivity contribution in [2.75, 3.05) is 20.8 Å². The Kier molecular flexibility index (Phi) is 5.00. The van der Waals surface area contributed by atoms with Gasteiger partial charge in [0.25, 0.3) is 0 Å². The van der Waals surface area contributed by atoms with Crippen LogP contribution in [0.1, 0.15) is 42.3 Å². The van der Waals surface area contributed by atoms with Gasteiger partial charge in [-0.3, -0.25) is 4.79 Å². The lowest BCUT2D eigenvalue weighted by Gasteiger charge is -2.27. The molecular weight excluding hydrogens is 362 g/mol. The number of ether oxygens (including phenoxy) is 2. The van der Waals surface area contributed by atoms with E-state index >= 15 is 0 Å². The average Bonchev–Trinajstić information content (AvgIpc) is 3.34. The summed E-state index contributed by atoms with van der Waals surface area (Å²) in [5.41, 5.74) is 2.15. The van der Waals surface area contributed by atoms with Gasteiger partial charge >= 0.3 is 0 Å². The van der Waals surface area contributed by atoms with E-state index in [0.717, 1.165) is 53.5 Å². The average molecular weight is 386 g/mol. The number of hydrogen-bond donors (Lipinski definition) is 0. The van der Waals surface area contributed by atoms with E-state index in [1.54, 1.807) is 14.2 Å². The van der Waals surface area contributed by atoms with Gasteiger partial charge in [-0.05, 0) is 48.9 Å². The molecule has 0 spiro atoms. The predicted octanol–water partition coefficient (Wildman–Crippen LogP) is 4.82. The number of carbonyl (C=O) groups excluding carboxylic acids is 1. The van der Waals surface area contributed by atoms with E-state index in [0.29, 0.717) is 0 Å². The maximum atomic E-state index is 13.2. The number of benzene rings is 2. The number of amides is 1. The number of rotatable bonds is 5. The summed E-state index contributed by atoms with van der Waals surface area (Å²) >= 11 is 6.33. The van der Waals surface area contributed by atoms with Crippen molar-refractivity contribution in [3.8, 4) is 11.5 Å². The minimum absolute atomic E-state index is 0.0368. The molecule has 0 radical (unpaired) electrons. The van der Waals surface area contributed by atoms with Gasteiger partial charge in [-0.2, -0.15) is 0 Å². The highest BCUT2D eigenvalue weighted by Gasteiger charge is 2.48. The van der Waals surface area contributed by atoms with Crippen molar-refractivity contribution in [1.82, 2.24) is 4.90 Å². The summed E-state index contributed by atoms with van der Waals surface area (Å²) in [7, 11) is 3.30. The molecule has 1 heterocycles. The van der Waals surface area contributed by atoms with Crippen LogP contribution in [0.4, 0.5) is 0 Å². The van der Waals surface area contributed by atoms with E-state index in [1.807, 2.05) is 47.4 Å². The summed E-state index contributed by atoms with van der Waals surface area (Å²) in [6, 6.07) is 13.8. The van der Waals surface area contributed by atoms with Gasteiger partial charge in [0, 0.05) is 29.1 Å². The molecule has 1 aliphatic carbocycles. The highest BCUT2D eigenvalue weighted by molar-refractivity contribution is 6.31. The number of likely N-dealkylation sites (tertiary alicyclic amines) is 1. The Labute approximate surface area is 165 Å². The zero-order valence-electron chi connectivity index (χ0n) is 15.7. The van der Waals surface area contributed by atoms with Crippen LogP contribution in [-0.2, 0) is 4.79 Å². The third-order valence-corrected chi connectivity index (χ3v) is 6.09. The number of hydrogen-bond acceptors (Lipinski definition) is 3. The fraction of sp³-hybridized carbons (Fsp3) is 0.409. The van der Waals surface area contributed by atoms with Crippen LogP contribution in [0.25, 0.3) is 0 Å². The lowest BCUT2D eigenvalue weighted by atomic mass is 10.0. The molecule has 1 saturated carbocycles. The quantitative estimate of drug-likeness (QED) is 0.740. The molecule has 0 aromatic heterocycles. The van der Waals surface area contributed by atoms with Crippen LogP contribution in [0.5, 0.6) is 11.5 Å². The molecule has 4 rings (SSSR count). The van der Waals surface area contributed by atoms with Gasteiger partial charge in [0.05, 0.1) is 20.3 Å². The summed E-state index contributed by atoms with van der Waals surface area (Å²) in [5.74, 6) is 2.05. The van der Waals surface area contributed by atoms with Crippen LogP contribution in [0.2, 0.25) is 5.02 Å². The fourth-order valence-corrected chi connectivity index (χ4v) is 4.52. The summed E-state index contributed by atoms with van der Waals surface area (Å²) in [5, 5.41) is 0.757. The number of methoxy groups -OCH3 is 2. The van der Waals surface area contributed by atoms with Gasteiger partial charge < -0.3 is 14.4 Å². The van der Waals surface area contributed by atoms with Crippen molar-refractivity contribution in [2.24, 2.45) is 5.92 Å². The summed E-state index contributed by atoms with van der Waals surface area (Å²) in [6.45, 7) is 0.796. The van der Waals surface area contributed by atoms with E-state index in [4.69, 9.17) is 21.1 Å². The maximum Gasteiger partial charge on any atom is 0.226 e. The monoisotopic (exact) mass is 385 g/mol. The predicted molar refractivity (Wildman–Crippen MR) is 106 cm³/mol. The second kappa shape index (κ2) is 7.43. The molecule has 2 aromatic carbocycles. The van der Waals surface area contributed by atoms with Gasteiger partial charge in [-0.15, -0.1) is 0 Å². The van der Waals surface area contributed by atoms with Crippen LogP contribution in [0, 0.1) is 5.92 Å². The molecule has 2 aromatic rings. The van der Waals surface area contributed by atoms with Gasteiger partial charge in [0.2, 0.25) is 5.91 Å². The van der Waals surface area contributed by atoms with Crippen LogP contribution < -0.4 is 9.47 Å². The van der Waals surface area contributed by atoms with Crippen LogP contribution >= 0.6 is 11.6 Å². The molecule has 2 fully saturated rings. The third-order valence-electron chi connectivity index (χ3n) is 5.75. The summed E-state index contributed by atoms with van der Waals surface area (Å²) in [4.78, 5) is 15.3. The summed E-state index contributed by atoms with van der Waals surface area (Å²) < 4.78 is 10.9. The number of nitrogens with zero attached hydrogens (tertiary/aromatic N) is 1. The zero-order valence-corrected chi connectivity index (χ0v) is 16.4. The molecule has 27 heavy (non-hydrogen) atoms. The van der Waals surface area contributed by atoms with Crippen LogP contribution in [-0.4, -0.2) is 31.6 Å². The highest BCUT2D eigenvalue weighted by atomic mass is 35.5. The Balaban J connectivity index is 1.54. The second-order valence-electron chi connectivity index (χ2n) is 7.27. The second-order valence-corrected chi connectivity index (χ2v) is 7.67. The SMILES string of the molecule is COc1ccc(C2CCCN2C(=O)C2CC2c2ccccc2Cl)c(OC)c1. The Morgan fingerprint density at radius 2 is 1.93 bits per heavy atom. The van der Waals surface area contributed by atoms with Crippen molar-refractivity contribution in [2.45, 2.75) is 31.2 Å². The molecule has 4 nitrogen and oxygen atoms in total. The summed E-state index contributed by atoms with van der Waals surface area (Å²) in [6.07, 6.45) is 2.85. The lowest BCUT2D eigenvalue weighted by molar-refractivity contribution is -0.133. The van der Waals surface area contributed by atoms with Gasteiger partial charge in [-0.1, -0.05) is 29.8 Å². The molecule has 0 bridgehead atoms.